The minimum absolute atomic E-state index is 0.726. The summed E-state index contributed by atoms with van der Waals surface area (Å²) in [5.41, 5.74) is 11.2. The van der Waals surface area contributed by atoms with Crippen LogP contribution in [0.2, 0.25) is 0 Å². The molecular formula is C50H31N3S. The highest BCUT2D eigenvalue weighted by Crippen LogP contribution is 2.42. The average molecular weight is 706 g/mol. The first-order chi connectivity index (χ1) is 26.8. The predicted molar refractivity (Wildman–Crippen MR) is 229 cm³/mol. The lowest BCUT2D eigenvalue weighted by molar-refractivity contribution is 1.18. The van der Waals surface area contributed by atoms with Crippen molar-refractivity contribution in [1.82, 2.24) is 14.5 Å². The molecule has 11 aromatic rings. The maximum Gasteiger partial charge on any atom is 0.161 e. The quantitative estimate of drug-likeness (QED) is 0.178. The molecule has 0 saturated carbocycles. The molecule has 0 saturated heterocycles. The van der Waals surface area contributed by atoms with Crippen molar-refractivity contribution in [2.75, 3.05) is 0 Å². The van der Waals surface area contributed by atoms with Gasteiger partial charge in [0.15, 0.2) is 5.82 Å². The van der Waals surface area contributed by atoms with Crippen LogP contribution in [0, 0.1) is 0 Å². The van der Waals surface area contributed by atoms with Gasteiger partial charge in [-0.3, -0.25) is 0 Å². The molecule has 0 radical (unpaired) electrons. The second-order valence-corrected chi connectivity index (χ2v) is 14.8. The zero-order chi connectivity index (χ0) is 35.6. The topological polar surface area (TPSA) is 30.7 Å². The summed E-state index contributed by atoms with van der Waals surface area (Å²) in [5, 5.41) is 7.29. The molecule has 3 heterocycles. The Bertz CT molecular complexity index is 3210. The van der Waals surface area contributed by atoms with Crippen LogP contribution >= 0.6 is 11.3 Å². The molecule has 4 heteroatoms. The Morgan fingerprint density at radius 3 is 1.87 bits per heavy atom. The molecule has 3 aromatic heterocycles. The summed E-state index contributed by atoms with van der Waals surface area (Å²) in [6.45, 7) is 0. The van der Waals surface area contributed by atoms with E-state index in [1.807, 2.05) is 0 Å². The Balaban J connectivity index is 1.09. The first kappa shape index (κ1) is 30.7. The molecule has 11 rings (SSSR count). The van der Waals surface area contributed by atoms with Crippen LogP contribution < -0.4 is 0 Å². The normalized spacial score (nSPS) is 11.7. The lowest BCUT2D eigenvalue weighted by atomic mass is 9.98. The number of benzene rings is 8. The smallest absolute Gasteiger partial charge is 0.161 e. The van der Waals surface area contributed by atoms with Crippen molar-refractivity contribution in [2.24, 2.45) is 0 Å². The Hall–Kier alpha value is -6.88. The van der Waals surface area contributed by atoms with Gasteiger partial charge in [0, 0.05) is 43.1 Å². The molecule has 0 bridgehead atoms. The summed E-state index contributed by atoms with van der Waals surface area (Å²) < 4.78 is 3.60. The Morgan fingerprint density at radius 2 is 1.02 bits per heavy atom. The SMILES string of the molecule is c1ccc(-c2cccc(-c3nc(-c4cccc(-c5ccc6c(c5)c5c7ccccc7ccc5n6-c5ccccc5)c4)nc4sc5ccccc5c34)c2)cc1. The van der Waals surface area contributed by atoms with E-state index in [1.165, 1.54) is 53.8 Å². The van der Waals surface area contributed by atoms with Gasteiger partial charge in [-0.25, -0.2) is 9.97 Å². The van der Waals surface area contributed by atoms with Crippen LogP contribution in [0.25, 0.3) is 103 Å². The van der Waals surface area contributed by atoms with Gasteiger partial charge in [-0.1, -0.05) is 140 Å². The number of hydrogen-bond acceptors (Lipinski definition) is 3. The van der Waals surface area contributed by atoms with Gasteiger partial charge in [-0.15, -0.1) is 11.3 Å². The number of thiophene rings is 1. The lowest BCUT2D eigenvalue weighted by Gasteiger charge is -2.11. The van der Waals surface area contributed by atoms with Crippen LogP contribution in [-0.4, -0.2) is 14.5 Å². The number of hydrogen-bond donors (Lipinski definition) is 0. The maximum atomic E-state index is 5.39. The van der Waals surface area contributed by atoms with Crippen molar-refractivity contribution in [3.63, 3.8) is 0 Å². The summed E-state index contributed by atoms with van der Waals surface area (Å²) in [4.78, 5) is 11.6. The Kier molecular flexibility index (Phi) is 7.04. The van der Waals surface area contributed by atoms with Crippen LogP contribution in [0.4, 0.5) is 0 Å². The summed E-state index contributed by atoms with van der Waals surface area (Å²) in [7, 11) is 0. The zero-order valence-electron chi connectivity index (χ0n) is 29.1. The molecule has 0 amide bonds. The van der Waals surface area contributed by atoms with Gasteiger partial charge in [0.05, 0.1) is 16.7 Å². The van der Waals surface area contributed by atoms with Crippen molar-refractivity contribution in [1.29, 1.82) is 0 Å². The third kappa shape index (κ3) is 4.96. The van der Waals surface area contributed by atoms with Crippen LogP contribution in [0.15, 0.2) is 188 Å². The fraction of sp³-hybridized carbons (Fsp3) is 0. The first-order valence-electron chi connectivity index (χ1n) is 18.2. The molecule has 0 N–H and O–H groups in total. The van der Waals surface area contributed by atoms with E-state index in [0.29, 0.717) is 0 Å². The molecule has 8 aromatic carbocycles. The molecule has 3 nitrogen and oxygen atoms in total. The minimum Gasteiger partial charge on any atom is -0.309 e. The third-order valence-electron chi connectivity index (χ3n) is 10.6. The van der Waals surface area contributed by atoms with E-state index in [4.69, 9.17) is 9.97 Å². The number of fused-ring (bicyclic) bond motifs is 8. The molecule has 0 aliphatic heterocycles. The van der Waals surface area contributed by atoms with Crippen molar-refractivity contribution in [3.05, 3.63) is 188 Å². The summed E-state index contributed by atoms with van der Waals surface area (Å²) in [6.07, 6.45) is 0. The van der Waals surface area contributed by atoms with E-state index in [2.05, 4.69) is 193 Å². The standard InChI is InChI=1S/C50H31N3S/c1-3-13-32(14-4-1)34-16-11-18-37(29-34)48-47-41-23-9-10-24-45(41)54-50(47)52-49(51-48)38-19-12-17-35(30-38)36-26-27-43-42(31-36)46-40-22-8-7-15-33(40)25-28-44(46)53(43)39-20-5-2-6-21-39/h1-31H. The highest BCUT2D eigenvalue weighted by Gasteiger charge is 2.19. The zero-order valence-corrected chi connectivity index (χ0v) is 30.0. The van der Waals surface area contributed by atoms with E-state index in [1.54, 1.807) is 11.3 Å². The third-order valence-corrected chi connectivity index (χ3v) is 11.7. The van der Waals surface area contributed by atoms with Crippen molar-refractivity contribution in [2.45, 2.75) is 0 Å². The predicted octanol–water partition coefficient (Wildman–Crippen LogP) is 13.8. The Labute approximate surface area is 316 Å². The van der Waals surface area contributed by atoms with Gasteiger partial charge in [-0.2, -0.15) is 0 Å². The van der Waals surface area contributed by atoms with Crippen LogP contribution in [0.3, 0.4) is 0 Å². The number of nitrogens with zero attached hydrogens (tertiary/aromatic N) is 3. The van der Waals surface area contributed by atoms with E-state index in [0.717, 1.165) is 49.7 Å². The van der Waals surface area contributed by atoms with Gasteiger partial charge in [-0.05, 0) is 81.6 Å². The molecule has 0 fully saturated rings. The monoisotopic (exact) mass is 705 g/mol. The van der Waals surface area contributed by atoms with Gasteiger partial charge in [0.1, 0.15) is 4.83 Å². The molecule has 0 spiro atoms. The molecule has 54 heavy (non-hydrogen) atoms. The van der Waals surface area contributed by atoms with Crippen LogP contribution in [-0.2, 0) is 0 Å². The molecule has 0 unspecified atom stereocenters. The van der Waals surface area contributed by atoms with E-state index >= 15 is 0 Å². The van der Waals surface area contributed by atoms with Gasteiger partial charge in [0.25, 0.3) is 0 Å². The Morgan fingerprint density at radius 1 is 0.389 bits per heavy atom. The average Bonchev–Trinajstić information content (AvgIpc) is 3.80. The van der Waals surface area contributed by atoms with Crippen LogP contribution in [0.1, 0.15) is 0 Å². The van der Waals surface area contributed by atoms with Gasteiger partial charge < -0.3 is 4.57 Å². The molecule has 252 valence electrons. The number of aromatic nitrogens is 3. The van der Waals surface area contributed by atoms with Crippen molar-refractivity contribution < 1.29 is 0 Å². The van der Waals surface area contributed by atoms with E-state index < -0.39 is 0 Å². The second-order valence-electron chi connectivity index (χ2n) is 13.8. The molecular weight excluding hydrogens is 675 g/mol. The summed E-state index contributed by atoms with van der Waals surface area (Å²) in [6, 6.07) is 67.3. The van der Waals surface area contributed by atoms with Gasteiger partial charge >= 0.3 is 0 Å². The van der Waals surface area contributed by atoms with E-state index in [-0.39, 0.29) is 0 Å². The fourth-order valence-electron chi connectivity index (χ4n) is 8.10. The van der Waals surface area contributed by atoms with Crippen LogP contribution in [0.5, 0.6) is 0 Å². The molecule has 0 aliphatic rings. The fourth-order valence-corrected chi connectivity index (χ4v) is 9.18. The number of rotatable bonds is 5. The summed E-state index contributed by atoms with van der Waals surface area (Å²) >= 11 is 1.73. The largest absolute Gasteiger partial charge is 0.309 e. The van der Waals surface area contributed by atoms with E-state index in [9.17, 15) is 0 Å². The highest BCUT2D eigenvalue weighted by molar-refractivity contribution is 7.25. The minimum atomic E-state index is 0.726. The first-order valence-corrected chi connectivity index (χ1v) is 19.1. The molecule has 0 aliphatic carbocycles. The van der Waals surface area contributed by atoms with Crippen molar-refractivity contribution in [3.8, 4) is 50.6 Å². The second kappa shape index (κ2) is 12.4. The molecule has 0 atom stereocenters. The number of para-hydroxylation sites is 1. The highest BCUT2D eigenvalue weighted by atomic mass is 32.1. The van der Waals surface area contributed by atoms with Crippen molar-refractivity contribution >= 4 is 64.2 Å². The summed E-state index contributed by atoms with van der Waals surface area (Å²) in [5.74, 6) is 0.726. The van der Waals surface area contributed by atoms with Gasteiger partial charge in [0.2, 0.25) is 0 Å². The maximum absolute atomic E-state index is 5.39. The lowest BCUT2D eigenvalue weighted by Crippen LogP contribution is -1.94.